The summed E-state index contributed by atoms with van der Waals surface area (Å²) in [6, 6.07) is 5.47. The summed E-state index contributed by atoms with van der Waals surface area (Å²) in [4.78, 5) is 23.6. The highest BCUT2D eigenvalue weighted by Crippen LogP contribution is 2.24. The van der Waals surface area contributed by atoms with E-state index >= 15 is 0 Å². The van der Waals surface area contributed by atoms with E-state index in [9.17, 15) is 4.79 Å². The van der Waals surface area contributed by atoms with Crippen LogP contribution in [0.2, 0.25) is 0 Å². The van der Waals surface area contributed by atoms with Gasteiger partial charge in [-0.1, -0.05) is 0 Å². The van der Waals surface area contributed by atoms with Crippen molar-refractivity contribution in [3.8, 4) is 5.82 Å². The fourth-order valence-electron chi connectivity index (χ4n) is 3.09. The topological polar surface area (TPSA) is 84.2 Å². The molecule has 4 rings (SSSR count). The minimum Gasteiger partial charge on any atom is -0.348 e. The predicted octanol–water partition coefficient (Wildman–Crippen LogP) is 1.94. The van der Waals surface area contributed by atoms with Crippen LogP contribution < -0.4 is 4.68 Å². The summed E-state index contributed by atoms with van der Waals surface area (Å²) in [5.41, 5.74) is 0.519. The summed E-state index contributed by atoms with van der Waals surface area (Å²) in [5.74, 6) is -0.0295. The van der Waals surface area contributed by atoms with Crippen LogP contribution in [-0.2, 0) is 16.0 Å². The lowest BCUT2D eigenvalue weighted by atomic mass is 10.2. The van der Waals surface area contributed by atoms with Gasteiger partial charge >= 0.3 is 5.82 Å². The van der Waals surface area contributed by atoms with Gasteiger partial charge in [0.2, 0.25) is 0 Å². The molecule has 9 heteroatoms. The first-order chi connectivity index (χ1) is 13.5. The number of nitrogens with one attached hydrogen (secondary N) is 1. The lowest BCUT2D eigenvalue weighted by molar-refractivity contribution is -0.658. The number of pyridine rings is 1. The van der Waals surface area contributed by atoms with Crippen LogP contribution in [0.25, 0.3) is 5.82 Å². The van der Waals surface area contributed by atoms with Crippen LogP contribution in [-0.4, -0.2) is 50.9 Å². The summed E-state index contributed by atoms with van der Waals surface area (Å²) in [6.07, 6.45) is 6.82. The van der Waals surface area contributed by atoms with Gasteiger partial charge in [-0.2, -0.15) is 0 Å². The third-order valence-electron chi connectivity index (χ3n) is 4.37. The largest absolute Gasteiger partial charge is 0.348 e. The Bertz CT molecular complexity index is 910. The van der Waals surface area contributed by atoms with Crippen LogP contribution in [0.3, 0.4) is 0 Å². The SMILES string of the molecule is CC1(C)OC[C@@H](CN(Cc2nccs2)C(=O)c2ccc(-[n+]3ccc[nH]3)nc2)O1. The maximum Gasteiger partial charge on any atom is 0.346 e. The van der Waals surface area contributed by atoms with Gasteiger partial charge in [0.05, 0.1) is 25.3 Å². The Morgan fingerprint density at radius 1 is 1.43 bits per heavy atom. The number of nitrogens with zero attached hydrogens (tertiary/aromatic N) is 4. The molecule has 1 saturated heterocycles. The van der Waals surface area contributed by atoms with E-state index < -0.39 is 5.79 Å². The first-order valence-corrected chi connectivity index (χ1v) is 9.89. The van der Waals surface area contributed by atoms with Crippen LogP contribution in [0, 0.1) is 0 Å². The lowest BCUT2D eigenvalue weighted by Gasteiger charge is -2.25. The molecule has 0 unspecified atom stereocenters. The molecule has 3 aromatic heterocycles. The number of hydrogen-bond acceptors (Lipinski definition) is 6. The van der Waals surface area contributed by atoms with Crippen molar-refractivity contribution in [3.05, 3.63) is 58.9 Å². The van der Waals surface area contributed by atoms with Gasteiger partial charge in [0.1, 0.15) is 17.3 Å². The fourth-order valence-corrected chi connectivity index (χ4v) is 3.72. The normalized spacial score (nSPS) is 18.3. The summed E-state index contributed by atoms with van der Waals surface area (Å²) in [7, 11) is 0. The Kier molecular flexibility index (Phi) is 5.21. The molecule has 1 amide bonds. The van der Waals surface area contributed by atoms with E-state index in [2.05, 4.69) is 15.1 Å². The molecule has 0 aromatic carbocycles. The Balaban J connectivity index is 1.52. The number of aromatic amines is 1. The quantitative estimate of drug-likeness (QED) is 0.639. The molecule has 8 nitrogen and oxygen atoms in total. The Morgan fingerprint density at radius 2 is 2.32 bits per heavy atom. The second-order valence-electron chi connectivity index (χ2n) is 6.97. The minimum absolute atomic E-state index is 0.112. The molecule has 0 aliphatic carbocycles. The lowest BCUT2D eigenvalue weighted by Crippen LogP contribution is -2.39. The van der Waals surface area contributed by atoms with E-state index in [-0.39, 0.29) is 12.0 Å². The summed E-state index contributed by atoms with van der Waals surface area (Å²) < 4.78 is 13.3. The third kappa shape index (κ3) is 4.27. The van der Waals surface area contributed by atoms with Crippen LogP contribution in [0.1, 0.15) is 29.2 Å². The second kappa shape index (κ2) is 7.78. The monoisotopic (exact) mass is 400 g/mol. The molecular weight excluding hydrogens is 378 g/mol. The van der Waals surface area contributed by atoms with Gasteiger partial charge in [0.15, 0.2) is 12.0 Å². The van der Waals surface area contributed by atoms with E-state index in [1.54, 1.807) is 28.0 Å². The van der Waals surface area contributed by atoms with Crippen molar-refractivity contribution < 1.29 is 19.0 Å². The molecule has 0 spiro atoms. The van der Waals surface area contributed by atoms with E-state index in [0.717, 1.165) is 5.01 Å². The molecule has 0 bridgehead atoms. The van der Waals surface area contributed by atoms with E-state index in [4.69, 9.17) is 9.47 Å². The first-order valence-electron chi connectivity index (χ1n) is 9.01. The number of rotatable bonds is 6. The molecular formula is C19H22N5O3S+. The van der Waals surface area contributed by atoms with Crippen molar-refractivity contribution in [2.75, 3.05) is 13.2 Å². The number of carbonyl (C=O) groups is 1. The Hall–Kier alpha value is -2.62. The van der Waals surface area contributed by atoms with Crippen LogP contribution >= 0.6 is 11.3 Å². The Morgan fingerprint density at radius 3 is 2.93 bits per heavy atom. The number of thiazole rings is 1. The smallest absolute Gasteiger partial charge is 0.346 e. The molecule has 1 atom stereocenters. The van der Waals surface area contributed by atoms with E-state index in [1.165, 1.54) is 11.3 Å². The number of amides is 1. The van der Waals surface area contributed by atoms with Crippen molar-refractivity contribution in [2.45, 2.75) is 32.3 Å². The highest BCUT2D eigenvalue weighted by Gasteiger charge is 2.35. The van der Waals surface area contributed by atoms with Gasteiger partial charge in [0.25, 0.3) is 5.91 Å². The number of hydrogen-bond donors (Lipinski definition) is 1. The van der Waals surface area contributed by atoms with Crippen LogP contribution in [0.4, 0.5) is 0 Å². The molecule has 1 aliphatic heterocycles. The average Bonchev–Trinajstić information content (AvgIpc) is 3.43. The van der Waals surface area contributed by atoms with Crippen LogP contribution in [0.15, 0.2) is 48.4 Å². The number of H-pyrrole nitrogens is 1. The minimum atomic E-state index is -0.628. The molecule has 1 fully saturated rings. The first kappa shape index (κ1) is 18.7. The maximum absolute atomic E-state index is 13.2. The Labute approximate surface area is 166 Å². The zero-order chi connectivity index (χ0) is 19.6. The molecule has 28 heavy (non-hydrogen) atoms. The maximum atomic E-state index is 13.2. The van der Waals surface area contributed by atoms with E-state index in [0.29, 0.717) is 31.1 Å². The fraction of sp³-hybridized carbons (Fsp3) is 0.368. The van der Waals surface area contributed by atoms with Crippen molar-refractivity contribution >= 4 is 17.2 Å². The summed E-state index contributed by atoms with van der Waals surface area (Å²) in [6.45, 7) is 5.05. The highest BCUT2D eigenvalue weighted by atomic mass is 32.1. The average molecular weight is 400 g/mol. The zero-order valence-corrected chi connectivity index (χ0v) is 16.6. The molecule has 0 saturated carbocycles. The molecule has 3 aromatic rings. The van der Waals surface area contributed by atoms with Gasteiger partial charge in [0, 0.05) is 23.8 Å². The van der Waals surface area contributed by atoms with Crippen molar-refractivity contribution in [1.82, 2.24) is 20.0 Å². The van der Waals surface area contributed by atoms with Gasteiger partial charge in [-0.25, -0.2) is 10.1 Å². The van der Waals surface area contributed by atoms with E-state index in [1.807, 2.05) is 43.8 Å². The highest BCUT2D eigenvalue weighted by molar-refractivity contribution is 7.09. The number of carbonyl (C=O) groups excluding carboxylic acids is 1. The third-order valence-corrected chi connectivity index (χ3v) is 5.14. The molecule has 146 valence electrons. The molecule has 1 N–H and O–H groups in total. The molecule has 0 radical (unpaired) electrons. The molecule has 4 heterocycles. The number of aromatic nitrogens is 4. The van der Waals surface area contributed by atoms with Gasteiger partial charge in [-0.3, -0.25) is 4.79 Å². The van der Waals surface area contributed by atoms with Gasteiger partial charge < -0.3 is 14.4 Å². The molecule has 1 aliphatic rings. The van der Waals surface area contributed by atoms with Crippen molar-refractivity contribution in [1.29, 1.82) is 0 Å². The summed E-state index contributed by atoms with van der Waals surface area (Å²) in [5, 5.41) is 5.81. The number of ether oxygens (including phenoxy) is 2. The predicted molar refractivity (Wildman–Crippen MR) is 102 cm³/mol. The summed E-state index contributed by atoms with van der Waals surface area (Å²) >= 11 is 1.52. The van der Waals surface area contributed by atoms with Gasteiger partial charge in [-0.15, -0.1) is 16.0 Å². The van der Waals surface area contributed by atoms with Gasteiger partial charge in [-0.05, 0) is 31.0 Å². The van der Waals surface area contributed by atoms with Crippen LogP contribution in [0.5, 0.6) is 0 Å². The van der Waals surface area contributed by atoms with Crippen molar-refractivity contribution in [3.63, 3.8) is 0 Å². The second-order valence-corrected chi connectivity index (χ2v) is 7.95. The zero-order valence-electron chi connectivity index (χ0n) is 15.7. The van der Waals surface area contributed by atoms with Crippen molar-refractivity contribution in [2.24, 2.45) is 0 Å². The standard InChI is InChI=1S/C19H21N5O3S/c1-19(2)26-13-15(27-19)11-23(12-17-20-7-9-28-17)18(25)14-4-5-16(21-10-14)24-8-3-6-22-24/h3-10,15H,11-13H2,1-2H3/p+1/t15-/m1/s1.